The highest BCUT2D eigenvalue weighted by molar-refractivity contribution is 5.71. The molecule has 0 fully saturated rings. The second-order valence-electron chi connectivity index (χ2n) is 2.70. The predicted octanol–water partition coefficient (Wildman–Crippen LogP) is 1.20. The second-order valence-corrected chi connectivity index (χ2v) is 2.70. The number of hydrogen-bond acceptors (Lipinski definition) is 3. The van der Waals surface area contributed by atoms with Crippen molar-refractivity contribution in [3.8, 4) is 0 Å². The van der Waals surface area contributed by atoms with Gasteiger partial charge in [-0.25, -0.2) is 0 Å². The van der Waals surface area contributed by atoms with Gasteiger partial charge in [0, 0.05) is 0 Å². The predicted molar refractivity (Wildman–Crippen MR) is 55.5 cm³/mol. The Balaban J connectivity index is 2.31. The zero-order valence-electron chi connectivity index (χ0n) is 7.85. The Morgan fingerprint density at radius 3 is 2.71 bits per heavy atom. The molecular formula is C11H13NO2. The quantitative estimate of drug-likeness (QED) is 0.727. The summed E-state index contributed by atoms with van der Waals surface area (Å²) in [5.74, 6) is -0.386. The van der Waals surface area contributed by atoms with Crippen molar-refractivity contribution < 1.29 is 9.53 Å². The molecule has 0 saturated heterocycles. The van der Waals surface area contributed by atoms with Crippen LogP contribution in [0.3, 0.4) is 0 Å². The molecule has 0 unspecified atom stereocenters. The molecule has 1 rings (SSSR count). The first-order chi connectivity index (χ1) is 6.83. The van der Waals surface area contributed by atoms with Crippen LogP contribution in [-0.4, -0.2) is 19.1 Å². The van der Waals surface area contributed by atoms with Crippen molar-refractivity contribution in [3.05, 3.63) is 42.0 Å². The lowest BCUT2D eigenvalue weighted by Crippen LogP contribution is -2.16. The summed E-state index contributed by atoms with van der Waals surface area (Å²) >= 11 is 0. The zero-order valence-corrected chi connectivity index (χ0v) is 7.85. The van der Waals surface area contributed by atoms with Gasteiger partial charge in [-0.2, -0.15) is 0 Å². The fraction of sp³-hybridized carbons (Fsp3) is 0.182. The van der Waals surface area contributed by atoms with E-state index in [2.05, 4.69) is 0 Å². The summed E-state index contributed by atoms with van der Waals surface area (Å²) in [6.07, 6.45) is 3.67. The molecule has 0 radical (unpaired) electrons. The highest BCUT2D eigenvalue weighted by Crippen LogP contribution is 2.00. The van der Waals surface area contributed by atoms with Crippen LogP contribution in [0.5, 0.6) is 0 Å². The lowest BCUT2D eigenvalue weighted by atomic mass is 10.2. The molecule has 14 heavy (non-hydrogen) atoms. The Kier molecular flexibility index (Phi) is 4.44. The smallest absolute Gasteiger partial charge is 0.320 e. The number of carbonyl (C=O) groups excluding carboxylic acids is 1. The number of ether oxygens (including phenoxy) is 1. The van der Waals surface area contributed by atoms with Gasteiger partial charge < -0.3 is 10.5 Å². The number of carbonyl (C=O) groups is 1. The Morgan fingerprint density at radius 2 is 2.07 bits per heavy atom. The zero-order chi connectivity index (χ0) is 10.2. The monoisotopic (exact) mass is 191 g/mol. The van der Waals surface area contributed by atoms with Gasteiger partial charge in [-0.05, 0) is 11.6 Å². The number of esters is 1. The van der Waals surface area contributed by atoms with E-state index >= 15 is 0 Å². The molecule has 0 saturated carbocycles. The van der Waals surface area contributed by atoms with Crippen LogP contribution in [0.1, 0.15) is 5.56 Å². The van der Waals surface area contributed by atoms with E-state index in [0.29, 0.717) is 0 Å². The van der Waals surface area contributed by atoms with Crippen LogP contribution in [-0.2, 0) is 9.53 Å². The van der Waals surface area contributed by atoms with Crippen molar-refractivity contribution in [2.45, 2.75) is 0 Å². The first-order valence-corrected chi connectivity index (χ1v) is 4.40. The summed E-state index contributed by atoms with van der Waals surface area (Å²) in [6.45, 7) is 0.199. The van der Waals surface area contributed by atoms with E-state index in [9.17, 15) is 4.79 Å². The van der Waals surface area contributed by atoms with E-state index in [1.54, 1.807) is 6.08 Å². The molecule has 0 aliphatic rings. The Bertz CT molecular complexity index is 306. The molecular weight excluding hydrogens is 178 g/mol. The molecule has 0 aliphatic heterocycles. The van der Waals surface area contributed by atoms with E-state index in [1.165, 1.54) is 0 Å². The first-order valence-electron chi connectivity index (χ1n) is 4.40. The van der Waals surface area contributed by atoms with E-state index in [1.807, 2.05) is 36.4 Å². The molecule has 0 bridgehead atoms. The van der Waals surface area contributed by atoms with Crippen LogP contribution in [0.2, 0.25) is 0 Å². The molecule has 0 atom stereocenters. The molecule has 0 amide bonds. The van der Waals surface area contributed by atoms with Crippen LogP contribution in [0.15, 0.2) is 36.4 Å². The Morgan fingerprint density at radius 1 is 1.36 bits per heavy atom. The van der Waals surface area contributed by atoms with Crippen LogP contribution in [0.4, 0.5) is 0 Å². The van der Waals surface area contributed by atoms with Crippen molar-refractivity contribution in [1.29, 1.82) is 0 Å². The highest BCUT2D eigenvalue weighted by atomic mass is 16.5. The molecule has 3 heteroatoms. The number of hydrogen-bond donors (Lipinski definition) is 1. The number of benzene rings is 1. The summed E-state index contributed by atoms with van der Waals surface area (Å²) < 4.78 is 4.76. The first kappa shape index (κ1) is 10.5. The van der Waals surface area contributed by atoms with E-state index in [0.717, 1.165) is 5.56 Å². The SMILES string of the molecule is NCC(=O)OC/C=C\c1ccccc1. The molecule has 74 valence electrons. The Labute approximate surface area is 83.2 Å². The average molecular weight is 191 g/mol. The topological polar surface area (TPSA) is 52.3 Å². The van der Waals surface area contributed by atoms with Gasteiger partial charge in [0.15, 0.2) is 0 Å². The van der Waals surface area contributed by atoms with Gasteiger partial charge in [-0.3, -0.25) is 4.79 Å². The van der Waals surface area contributed by atoms with E-state index in [4.69, 9.17) is 10.5 Å². The standard InChI is InChI=1S/C11H13NO2/c12-9-11(13)14-8-4-7-10-5-2-1-3-6-10/h1-7H,8-9,12H2/b7-4-. The largest absolute Gasteiger partial charge is 0.460 e. The minimum Gasteiger partial charge on any atom is -0.460 e. The van der Waals surface area contributed by atoms with Gasteiger partial charge >= 0.3 is 5.97 Å². The van der Waals surface area contributed by atoms with Crippen LogP contribution in [0.25, 0.3) is 6.08 Å². The maximum atomic E-state index is 10.6. The Hall–Kier alpha value is -1.61. The summed E-state index contributed by atoms with van der Waals surface area (Å²) in [4.78, 5) is 10.6. The van der Waals surface area contributed by atoms with Crippen molar-refractivity contribution in [2.75, 3.05) is 13.2 Å². The normalized spacial score (nSPS) is 10.4. The van der Waals surface area contributed by atoms with Crippen molar-refractivity contribution in [3.63, 3.8) is 0 Å². The minimum absolute atomic E-state index is 0.0703. The molecule has 1 aromatic rings. The van der Waals surface area contributed by atoms with Gasteiger partial charge in [-0.15, -0.1) is 0 Å². The van der Waals surface area contributed by atoms with Crippen LogP contribution in [0, 0.1) is 0 Å². The van der Waals surface area contributed by atoms with Crippen LogP contribution < -0.4 is 5.73 Å². The molecule has 0 spiro atoms. The van der Waals surface area contributed by atoms with Crippen LogP contribution >= 0.6 is 0 Å². The van der Waals surface area contributed by atoms with Gasteiger partial charge in [0.25, 0.3) is 0 Å². The maximum absolute atomic E-state index is 10.6. The number of rotatable bonds is 4. The molecule has 0 heterocycles. The molecule has 3 nitrogen and oxygen atoms in total. The summed E-state index contributed by atoms with van der Waals surface area (Å²) in [7, 11) is 0. The third kappa shape index (κ3) is 3.87. The molecule has 1 aromatic carbocycles. The number of nitrogens with two attached hydrogens (primary N) is 1. The summed E-state index contributed by atoms with van der Waals surface area (Å²) in [5.41, 5.74) is 6.15. The highest BCUT2D eigenvalue weighted by Gasteiger charge is 1.93. The van der Waals surface area contributed by atoms with Gasteiger partial charge in [0.05, 0.1) is 6.54 Å². The lowest BCUT2D eigenvalue weighted by molar-refractivity contribution is -0.140. The molecule has 0 aromatic heterocycles. The van der Waals surface area contributed by atoms with Crippen molar-refractivity contribution >= 4 is 12.0 Å². The van der Waals surface area contributed by atoms with Gasteiger partial charge in [0.2, 0.25) is 0 Å². The molecule has 0 aliphatic carbocycles. The van der Waals surface area contributed by atoms with E-state index in [-0.39, 0.29) is 19.1 Å². The average Bonchev–Trinajstić information content (AvgIpc) is 2.25. The second kappa shape index (κ2) is 5.94. The lowest BCUT2D eigenvalue weighted by Gasteiger charge is -1.97. The molecule has 2 N–H and O–H groups in total. The minimum atomic E-state index is -0.386. The fourth-order valence-corrected chi connectivity index (χ4v) is 0.948. The maximum Gasteiger partial charge on any atom is 0.320 e. The van der Waals surface area contributed by atoms with E-state index < -0.39 is 0 Å². The summed E-state index contributed by atoms with van der Waals surface area (Å²) in [6, 6.07) is 9.80. The third-order valence-electron chi connectivity index (χ3n) is 1.62. The van der Waals surface area contributed by atoms with Gasteiger partial charge in [0.1, 0.15) is 6.61 Å². The van der Waals surface area contributed by atoms with Crippen molar-refractivity contribution in [2.24, 2.45) is 5.73 Å². The summed E-state index contributed by atoms with van der Waals surface area (Å²) in [5, 5.41) is 0. The van der Waals surface area contributed by atoms with Crippen molar-refractivity contribution in [1.82, 2.24) is 0 Å². The van der Waals surface area contributed by atoms with Gasteiger partial charge in [-0.1, -0.05) is 36.4 Å². The third-order valence-corrected chi connectivity index (χ3v) is 1.62. The fourth-order valence-electron chi connectivity index (χ4n) is 0.948.